The Morgan fingerprint density at radius 1 is 1.25 bits per heavy atom. The average Bonchev–Trinajstić information content (AvgIpc) is 2.43. The fraction of sp³-hybridized carbons (Fsp3) is 0.625. The number of nitrogens with zero attached hydrogens (tertiary/aromatic N) is 2. The molecule has 0 radical (unpaired) electrons. The Bertz CT molecular complexity index is 425. The van der Waals surface area contributed by atoms with Crippen LogP contribution in [0.3, 0.4) is 0 Å². The lowest BCUT2D eigenvalue weighted by molar-refractivity contribution is 0.0545. The number of halogens is 1. The predicted octanol–water partition coefficient (Wildman–Crippen LogP) is 2.11. The van der Waals surface area contributed by atoms with E-state index in [-0.39, 0.29) is 11.9 Å². The molecule has 1 aliphatic heterocycles. The molecule has 3 nitrogen and oxygen atoms in total. The fourth-order valence-electron chi connectivity index (χ4n) is 3.02. The van der Waals surface area contributed by atoms with E-state index < -0.39 is 0 Å². The monoisotopic (exact) mass is 279 g/mol. The van der Waals surface area contributed by atoms with Gasteiger partial charge in [-0.1, -0.05) is 18.2 Å². The van der Waals surface area contributed by atoms with Gasteiger partial charge in [0.1, 0.15) is 5.82 Å². The van der Waals surface area contributed by atoms with Gasteiger partial charge in [0.15, 0.2) is 0 Å². The van der Waals surface area contributed by atoms with Gasteiger partial charge in [0, 0.05) is 43.3 Å². The molecule has 0 bridgehead atoms. The third-order valence-electron chi connectivity index (χ3n) is 4.51. The lowest BCUT2D eigenvalue weighted by Crippen LogP contribution is -2.56. The van der Waals surface area contributed by atoms with Crippen LogP contribution in [0.15, 0.2) is 24.3 Å². The summed E-state index contributed by atoms with van der Waals surface area (Å²) in [6, 6.07) is 8.17. The zero-order valence-electron chi connectivity index (χ0n) is 12.9. The summed E-state index contributed by atoms with van der Waals surface area (Å²) in [5.74, 6) is -0.123. The van der Waals surface area contributed by atoms with Gasteiger partial charge in [-0.15, -0.1) is 0 Å². The SMILES string of the molecule is CNC(CN1CC(C)N(C)C(C)C1)c1ccccc1F. The minimum absolute atomic E-state index is 0.0407. The smallest absolute Gasteiger partial charge is 0.128 e. The van der Waals surface area contributed by atoms with Crippen molar-refractivity contribution in [2.24, 2.45) is 0 Å². The third-order valence-corrected chi connectivity index (χ3v) is 4.51. The highest BCUT2D eigenvalue weighted by atomic mass is 19.1. The first-order chi connectivity index (χ1) is 9.52. The summed E-state index contributed by atoms with van der Waals surface area (Å²) in [6.07, 6.45) is 0. The van der Waals surface area contributed by atoms with Gasteiger partial charge in [-0.05, 0) is 34.0 Å². The third kappa shape index (κ3) is 3.37. The van der Waals surface area contributed by atoms with Crippen molar-refractivity contribution >= 4 is 0 Å². The maximum absolute atomic E-state index is 13.9. The van der Waals surface area contributed by atoms with Crippen LogP contribution >= 0.6 is 0 Å². The molecule has 0 aliphatic carbocycles. The van der Waals surface area contributed by atoms with E-state index in [1.807, 2.05) is 19.2 Å². The molecule has 0 saturated carbocycles. The molecule has 20 heavy (non-hydrogen) atoms. The Morgan fingerprint density at radius 2 is 1.85 bits per heavy atom. The molecule has 2 rings (SSSR count). The second kappa shape index (κ2) is 6.66. The lowest BCUT2D eigenvalue weighted by atomic mass is 10.0. The van der Waals surface area contributed by atoms with Gasteiger partial charge < -0.3 is 5.32 Å². The standard InChI is InChI=1S/C16H26FN3/c1-12-9-20(10-13(2)19(12)4)11-16(18-3)14-7-5-6-8-15(14)17/h5-8,12-13,16,18H,9-11H2,1-4H3. The van der Waals surface area contributed by atoms with E-state index in [9.17, 15) is 4.39 Å². The molecule has 1 aromatic carbocycles. The minimum Gasteiger partial charge on any atom is -0.312 e. The Hall–Kier alpha value is -0.970. The molecule has 1 heterocycles. The number of likely N-dealkylation sites (N-methyl/N-ethyl adjacent to an activating group) is 2. The van der Waals surface area contributed by atoms with Crippen LogP contribution in [0.2, 0.25) is 0 Å². The predicted molar refractivity (Wildman–Crippen MR) is 81.3 cm³/mol. The van der Waals surface area contributed by atoms with E-state index in [0.29, 0.717) is 12.1 Å². The molecule has 3 unspecified atom stereocenters. The maximum Gasteiger partial charge on any atom is 0.128 e. The molecule has 1 saturated heterocycles. The van der Waals surface area contributed by atoms with Crippen LogP contribution in [-0.4, -0.2) is 55.6 Å². The van der Waals surface area contributed by atoms with E-state index in [2.05, 4.69) is 36.0 Å². The number of piperazine rings is 1. The summed E-state index contributed by atoms with van der Waals surface area (Å²) in [4.78, 5) is 4.84. The van der Waals surface area contributed by atoms with Gasteiger partial charge >= 0.3 is 0 Å². The fourth-order valence-corrected chi connectivity index (χ4v) is 3.02. The van der Waals surface area contributed by atoms with Crippen molar-refractivity contribution in [2.45, 2.75) is 32.0 Å². The van der Waals surface area contributed by atoms with Crippen LogP contribution in [0.5, 0.6) is 0 Å². The van der Waals surface area contributed by atoms with Crippen LogP contribution in [0.4, 0.5) is 4.39 Å². The summed E-state index contributed by atoms with van der Waals surface area (Å²) in [5.41, 5.74) is 0.759. The molecular formula is C16H26FN3. The highest BCUT2D eigenvalue weighted by Crippen LogP contribution is 2.20. The van der Waals surface area contributed by atoms with Crippen molar-refractivity contribution in [1.82, 2.24) is 15.1 Å². The molecule has 1 aliphatic rings. The van der Waals surface area contributed by atoms with Crippen LogP contribution in [0.1, 0.15) is 25.5 Å². The highest BCUT2D eigenvalue weighted by molar-refractivity contribution is 5.21. The van der Waals surface area contributed by atoms with E-state index >= 15 is 0 Å². The maximum atomic E-state index is 13.9. The summed E-state index contributed by atoms with van der Waals surface area (Å²) >= 11 is 0. The van der Waals surface area contributed by atoms with Crippen molar-refractivity contribution in [3.8, 4) is 0 Å². The number of benzene rings is 1. The first-order valence-corrected chi connectivity index (χ1v) is 7.39. The topological polar surface area (TPSA) is 18.5 Å². The molecule has 4 heteroatoms. The Labute approximate surface area is 121 Å². The van der Waals surface area contributed by atoms with E-state index in [1.54, 1.807) is 6.07 Å². The van der Waals surface area contributed by atoms with Gasteiger partial charge in [0.2, 0.25) is 0 Å². The molecule has 0 amide bonds. The molecule has 3 atom stereocenters. The molecule has 0 spiro atoms. The molecule has 1 fully saturated rings. The van der Waals surface area contributed by atoms with Crippen molar-refractivity contribution < 1.29 is 4.39 Å². The van der Waals surface area contributed by atoms with Crippen LogP contribution in [-0.2, 0) is 0 Å². The number of nitrogens with one attached hydrogen (secondary N) is 1. The van der Waals surface area contributed by atoms with E-state index in [0.717, 1.165) is 25.2 Å². The summed E-state index contributed by atoms with van der Waals surface area (Å²) in [7, 11) is 4.08. The Balaban J connectivity index is 2.06. The Morgan fingerprint density at radius 3 is 2.40 bits per heavy atom. The second-order valence-electron chi connectivity index (χ2n) is 5.94. The first-order valence-electron chi connectivity index (χ1n) is 7.39. The van der Waals surface area contributed by atoms with E-state index in [1.165, 1.54) is 6.07 Å². The number of hydrogen-bond acceptors (Lipinski definition) is 3. The summed E-state index contributed by atoms with van der Waals surface area (Å²) in [5, 5.41) is 3.25. The van der Waals surface area contributed by atoms with Crippen LogP contribution < -0.4 is 5.32 Å². The van der Waals surface area contributed by atoms with Crippen LogP contribution in [0.25, 0.3) is 0 Å². The second-order valence-corrected chi connectivity index (χ2v) is 5.94. The van der Waals surface area contributed by atoms with Gasteiger partial charge in [-0.2, -0.15) is 0 Å². The van der Waals surface area contributed by atoms with Gasteiger partial charge in [0.05, 0.1) is 0 Å². The van der Waals surface area contributed by atoms with Crippen molar-refractivity contribution in [3.63, 3.8) is 0 Å². The normalized spacial score (nSPS) is 26.6. The van der Waals surface area contributed by atoms with E-state index in [4.69, 9.17) is 0 Å². The van der Waals surface area contributed by atoms with Crippen LogP contribution in [0, 0.1) is 5.82 Å². The minimum atomic E-state index is -0.123. The number of hydrogen-bond donors (Lipinski definition) is 1. The molecule has 1 aromatic rings. The lowest BCUT2D eigenvalue weighted by Gasteiger charge is -2.43. The first kappa shape index (κ1) is 15.4. The molecule has 1 N–H and O–H groups in total. The van der Waals surface area contributed by atoms with Gasteiger partial charge in [-0.25, -0.2) is 4.39 Å². The average molecular weight is 279 g/mol. The zero-order valence-corrected chi connectivity index (χ0v) is 12.9. The van der Waals surface area contributed by atoms with Gasteiger partial charge in [-0.3, -0.25) is 9.80 Å². The summed E-state index contributed by atoms with van der Waals surface area (Å²) in [6.45, 7) is 7.42. The zero-order chi connectivity index (χ0) is 14.7. The molecule has 0 aromatic heterocycles. The van der Waals surface area contributed by atoms with Crippen molar-refractivity contribution in [2.75, 3.05) is 33.7 Å². The highest BCUT2D eigenvalue weighted by Gasteiger charge is 2.28. The van der Waals surface area contributed by atoms with Gasteiger partial charge in [0.25, 0.3) is 0 Å². The number of rotatable bonds is 4. The van der Waals surface area contributed by atoms with Crippen molar-refractivity contribution in [3.05, 3.63) is 35.6 Å². The summed E-state index contributed by atoms with van der Waals surface area (Å²) < 4.78 is 13.9. The Kier molecular flexibility index (Phi) is 5.13. The molecular weight excluding hydrogens is 253 g/mol. The largest absolute Gasteiger partial charge is 0.312 e. The quantitative estimate of drug-likeness (QED) is 0.911. The molecule has 112 valence electrons. The van der Waals surface area contributed by atoms with Crippen molar-refractivity contribution in [1.29, 1.82) is 0 Å².